The van der Waals surface area contributed by atoms with Crippen molar-refractivity contribution in [1.29, 1.82) is 0 Å². The summed E-state index contributed by atoms with van der Waals surface area (Å²) in [6, 6.07) is 47.2. The molecule has 0 saturated carbocycles. The number of anilines is 5. The molecule has 1 N–H and O–H groups in total. The second-order valence-electron chi connectivity index (χ2n) is 32.9. The van der Waals surface area contributed by atoms with Crippen LogP contribution in [0.5, 0.6) is 0 Å². The zero-order chi connectivity index (χ0) is 101. The highest BCUT2D eigenvalue weighted by atomic mass is 35.5. The lowest BCUT2D eigenvalue weighted by Gasteiger charge is -2.13. The number of fused-ring (bicyclic) bond motifs is 5. The number of thioether (sulfide) groups is 5. The van der Waals surface area contributed by atoms with E-state index in [0.29, 0.717) is 76.3 Å². The number of carbonyl (C=O) groups excluding carboxylic acids is 1. The van der Waals surface area contributed by atoms with Crippen LogP contribution in [0.15, 0.2) is 247 Å². The summed E-state index contributed by atoms with van der Waals surface area (Å²) in [6.45, 7) is 15.6. The predicted octanol–water partition coefficient (Wildman–Crippen LogP) is 12.5. The molecule has 0 bridgehead atoms. The number of hydrogen-bond donors (Lipinski definition) is 1. The monoisotopic (exact) mass is 2200 g/mol. The largest absolute Gasteiger partial charge is 0.352 e. The maximum Gasteiger partial charge on any atom is 0.271 e. The van der Waals surface area contributed by atoms with Gasteiger partial charge in [0, 0.05) is 147 Å². The zero-order valence-electron chi connectivity index (χ0n) is 80.2. The van der Waals surface area contributed by atoms with Crippen molar-refractivity contribution >= 4 is 263 Å². The Balaban J connectivity index is 0.000000124. The van der Waals surface area contributed by atoms with Gasteiger partial charge in [-0.05, 0) is 119 Å². The molecule has 40 heteroatoms. The van der Waals surface area contributed by atoms with Gasteiger partial charge in [0.2, 0.25) is 23.5 Å². The summed E-state index contributed by atoms with van der Waals surface area (Å²) in [5.41, 5.74) is 8.21. The first-order valence-corrected chi connectivity index (χ1v) is 56.8. The van der Waals surface area contributed by atoms with Gasteiger partial charge < -0.3 is 29.8 Å². The lowest BCUT2D eigenvalue weighted by molar-refractivity contribution is -0.690. The van der Waals surface area contributed by atoms with Gasteiger partial charge in [-0.1, -0.05) is 171 Å². The molecule has 0 fully saturated rings. The number of aromatic nitrogens is 10. The average Bonchev–Trinajstić information content (AvgIpc) is 1.60. The summed E-state index contributed by atoms with van der Waals surface area (Å²) in [7, 11) is 17.4. The number of hydrogen-bond acceptors (Lipinski definition) is 24. The lowest BCUT2D eigenvalue weighted by atomic mass is 10.1. The van der Waals surface area contributed by atoms with Crippen LogP contribution in [-0.2, 0) is 78.8 Å². The molecule has 22 nitrogen and oxygen atoms in total. The molecule has 1 amide bonds. The van der Waals surface area contributed by atoms with E-state index in [1.165, 1.54) is 88.9 Å². The van der Waals surface area contributed by atoms with E-state index in [-0.39, 0.29) is 51.2 Å². The van der Waals surface area contributed by atoms with Gasteiger partial charge in [0.15, 0.2) is 37.1 Å². The molecule has 16 aromatic rings. The Morgan fingerprint density at radius 1 is 0.378 bits per heavy atom. The number of benzene rings is 6. The van der Waals surface area contributed by atoms with Crippen molar-refractivity contribution in [1.82, 2.24) is 28.2 Å². The number of rotatable bonds is 14. The molecule has 0 saturated heterocycles. The van der Waals surface area contributed by atoms with Gasteiger partial charge >= 0.3 is 0 Å². The summed E-state index contributed by atoms with van der Waals surface area (Å²) in [4.78, 5) is 91.6. The Bertz CT molecular complexity index is 8570. The number of thiazole rings is 8. The van der Waals surface area contributed by atoms with E-state index in [1.54, 1.807) is 145 Å². The number of halogens is 5. The molecule has 0 radical (unpaired) electrons. The second-order valence-corrected chi connectivity index (χ2v) is 46.8. The zero-order valence-corrected chi connectivity index (χ0v) is 92.4. The Hall–Kier alpha value is -11.1. The van der Waals surface area contributed by atoms with Crippen molar-refractivity contribution in [3.63, 3.8) is 0 Å². The predicted molar refractivity (Wildman–Crippen MR) is 590 cm³/mol. The van der Waals surface area contributed by atoms with E-state index in [2.05, 4.69) is 65.2 Å². The van der Waals surface area contributed by atoms with E-state index in [9.17, 15) is 41.9 Å². The molecule has 10 aromatic heterocycles. The average molecular weight is 2200 g/mol. The number of pyridine rings is 2. The van der Waals surface area contributed by atoms with Crippen LogP contribution < -0.4 is 126 Å². The molecule has 5 aliphatic rings. The van der Waals surface area contributed by atoms with Crippen LogP contribution in [0, 0.1) is 17.5 Å². The molecule has 0 spiro atoms. The first-order valence-electron chi connectivity index (χ1n) is 45.2. The first kappa shape index (κ1) is 103. The van der Waals surface area contributed by atoms with Gasteiger partial charge in [0.1, 0.15) is 111 Å². The smallest absolute Gasteiger partial charge is 0.271 e. The van der Waals surface area contributed by atoms with Crippen molar-refractivity contribution in [2.24, 2.45) is 28.2 Å². The van der Waals surface area contributed by atoms with Crippen LogP contribution in [0.25, 0.3) is 55.5 Å². The highest BCUT2D eigenvalue weighted by Crippen LogP contribution is 2.51. The quantitative estimate of drug-likeness (QED) is 0.102. The summed E-state index contributed by atoms with van der Waals surface area (Å²) in [5.74, 6) is -0.895. The molecule has 0 unspecified atom stereocenters. The lowest BCUT2D eigenvalue weighted by Crippen LogP contribution is -2.38. The summed E-state index contributed by atoms with van der Waals surface area (Å²) in [5, 5.41) is 18.0. The molecule has 6 aromatic carbocycles. The van der Waals surface area contributed by atoms with E-state index < -0.39 is 0 Å². The van der Waals surface area contributed by atoms with Gasteiger partial charge in [-0.3, -0.25) is 51.6 Å². The minimum atomic E-state index is -0.292. The van der Waals surface area contributed by atoms with Crippen molar-refractivity contribution in [3.05, 3.63) is 362 Å². The highest BCUT2D eigenvalue weighted by Gasteiger charge is 2.33. The molecule has 5 aliphatic heterocycles. The SMILES string of the molecule is CCn1c(=O)/c(=C2\Sc3ccc(Cl)cc3N2C)s/c1=C\c1scc[n+]1C.CCn1c(=O)/c(=C2\Sc3cccc(Cl)c3N2C)s/c1=C\c1scc[n+]1C.CCn1c(=O)/c(=C2\Sc3cccc(F)c3N2C)s/c1=C\c1cccc[n+]1Cc1ccc(CNC(C)=O)cc1.CCn1c(=O)/c(=C2\Sc3cccc(F)c3N2C)s/c1=C\c1scc[n+]1C.CCn1c(=O)/c(=C2\Sc3ccccc3N2C)s/c1=C\c1ccc(F)c[n+]1C. The second kappa shape index (κ2) is 44.9. The molecular weight excluding hydrogens is 2100 g/mol. The number of carbonyl (C=O) groups is 1. The van der Waals surface area contributed by atoms with Gasteiger partial charge in [-0.15, -0.1) is 56.7 Å². The Morgan fingerprint density at radius 3 is 1.15 bits per heavy atom. The maximum atomic E-state index is 14.5. The van der Waals surface area contributed by atoms with Crippen LogP contribution in [0.2, 0.25) is 10.0 Å². The molecule has 21 rings (SSSR count). The van der Waals surface area contributed by atoms with E-state index in [1.807, 2.05) is 260 Å². The van der Waals surface area contributed by atoms with Crippen molar-refractivity contribution in [3.8, 4) is 0 Å². The molecule has 734 valence electrons. The summed E-state index contributed by atoms with van der Waals surface area (Å²) >= 11 is 32.7. The minimum absolute atomic E-state index is 0.0145. The van der Waals surface area contributed by atoms with Crippen molar-refractivity contribution < 1.29 is 40.8 Å². The summed E-state index contributed by atoms with van der Waals surface area (Å²) in [6.07, 6.45) is 19.7. The molecule has 0 atom stereocenters. The third-order valence-corrected chi connectivity index (χ3v) is 39.4. The Morgan fingerprint density at radius 2 is 0.748 bits per heavy atom. The van der Waals surface area contributed by atoms with E-state index in [0.717, 1.165) is 141 Å². The number of aryl methyl sites for hydroxylation is 4. The molecular formula is C103H98Cl2F3N16O6S13+5. The number of para-hydroxylation sites is 4. The summed E-state index contributed by atoms with van der Waals surface area (Å²) < 4.78 is 69.2. The standard InChI is InChI=1S/C29H27FN4O2S2.C20H19FN3OS2.2C18H17ClN3OS3.C18H17FN3OS3/c1-4-34-25(38-27(28(34)36)29-32(3)26-23(30)9-7-10-24(26)37-29)16-22-8-5-6-15-33(22)18-21-13-11-20(12-14-21)17-31-19(2)35;1-4-24-17(11-14-10-9-13(21)12-22(14)2)27-18(19(24)25)20-23(3)15-7-5-6-8-16(15)26-20;1-4-22-15(10-14-20(2)7-8-24-14)26-16(17(22)23)18-21(3)12-9-11(19)5-6-13(12)25-18;2*1-4-22-14(10-13-20(2)8-9-24-13)26-16(17(22)23)18-21(3)15-11(19)6-5-7-12(15)25-18/h5-16H,4,17-18H2,1-3H3;5-12H,4H2,1-3H3;3*5-10H,4H2,1-3H3/q;4*+1/p+1/b29-27+;20-18+;3*18-16+. The Kier molecular flexibility index (Phi) is 32.4. The number of amides is 1. The van der Waals surface area contributed by atoms with Crippen molar-refractivity contribution in [2.45, 2.75) is 112 Å². The topological polar surface area (TPSA) is 175 Å². The van der Waals surface area contributed by atoms with Crippen molar-refractivity contribution in [2.75, 3.05) is 59.7 Å². The van der Waals surface area contributed by atoms with Crippen LogP contribution in [0.1, 0.15) is 79.1 Å². The van der Waals surface area contributed by atoms with Crippen LogP contribution in [-0.4, -0.2) is 64.0 Å². The Labute approximate surface area is 884 Å². The third kappa shape index (κ3) is 21.5. The minimum Gasteiger partial charge on any atom is -0.352 e. The fourth-order valence-electron chi connectivity index (χ4n) is 16.3. The fraction of sp³-hybridized carbons (Fsp3) is 0.214. The first-order chi connectivity index (χ1) is 68.8. The van der Waals surface area contributed by atoms with Gasteiger partial charge in [0.25, 0.3) is 42.8 Å². The van der Waals surface area contributed by atoms with Gasteiger partial charge in [0.05, 0.1) is 67.8 Å². The fourth-order valence-corrected chi connectivity index (χ4v) is 31.7. The number of nitrogens with zero attached hydrogens (tertiary/aromatic N) is 15. The molecule has 15 heterocycles. The van der Waals surface area contributed by atoms with Gasteiger partial charge in [-0.25, -0.2) is 13.2 Å². The van der Waals surface area contributed by atoms with Crippen LogP contribution >= 0.6 is 173 Å². The van der Waals surface area contributed by atoms with Crippen LogP contribution in [0.4, 0.5) is 41.6 Å². The molecule has 143 heavy (non-hydrogen) atoms. The third-order valence-electron chi connectivity index (χ3n) is 23.8. The van der Waals surface area contributed by atoms with E-state index >= 15 is 0 Å². The van der Waals surface area contributed by atoms with E-state index in [4.69, 9.17) is 23.2 Å². The number of nitrogens with one attached hydrogen (secondary N) is 1. The highest BCUT2D eigenvalue weighted by molar-refractivity contribution is 8.10. The maximum absolute atomic E-state index is 14.5. The molecule has 0 aliphatic carbocycles. The van der Waals surface area contributed by atoms with Gasteiger partial charge in [-0.2, -0.15) is 22.8 Å². The van der Waals surface area contributed by atoms with Crippen LogP contribution in [0.3, 0.4) is 0 Å². The normalized spacial score (nSPS) is 15.9.